The third kappa shape index (κ3) is 2.98. The van der Waals surface area contributed by atoms with E-state index in [0.29, 0.717) is 6.54 Å². The Kier molecular flexibility index (Phi) is 3.76. The molecule has 0 aliphatic heterocycles. The smallest absolute Gasteiger partial charge is 0.261 e. The first kappa shape index (κ1) is 13.8. The van der Waals surface area contributed by atoms with Crippen LogP contribution in [0.25, 0.3) is 10.1 Å². The third-order valence-electron chi connectivity index (χ3n) is 3.59. The number of benzene rings is 2. The van der Waals surface area contributed by atoms with Crippen molar-refractivity contribution < 1.29 is 4.79 Å². The van der Waals surface area contributed by atoms with Crippen LogP contribution in [0.15, 0.2) is 48.5 Å². The summed E-state index contributed by atoms with van der Waals surface area (Å²) < 4.78 is 1.15. The van der Waals surface area contributed by atoms with E-state index < -0.39 is 0 Å². The Balaban J connectivity index is 1.74. The van der Waals surface area contributed by atoms with Gasteiger partial charge < -0.3 is 5.32 Å². The molecule has 0 aliphatic carbocycles. The summed E-state index contributed by atoms with van der Waals surface area (Å²) in [4.78, 5) is 13.0. The highest BCUT2D eigenvalue weighted by Gasteiger charge is 2.10. The number of amides is 1. The van der Waals surface area contributed by atoms with Crippen LogP contribution < -0.4 is 5.32 Å². The monoisotopic (exact) mass is 295 g/mol. The number of carbonyl (C=O) groups is 1. The van der Waals surface area contributed by atoms with Crippen molar-refractivity contribution >= 4 is 27.3 Å². The Hall–Kier alpha value is -2.13. The van der Waals surface area contributed by atoms with Gasteiger partial charge in [0.15, 0.2) is 0 Å². The van der Waals surface area contributed by atoms with Gasteiger partial charge in [-0.2, -0.15) is 0 Å². The number of hydrogen-bond acceptors (Lipinski definition) is 2. The summed E-state index contributed by atoms with van der Waals surface area (Å²) in [6, 6.07) is 16.3. The van der Waals surface area contributed by atoms with Gasteiger partial charge in [0.1, 0.15) is 0 Å². The van der Waals surface area contributed by atoms with Crippen LogP contribution in [0.5, 0.6) is 0 Å². The molecule has 2 aromatic carbocycles. The standard InChI is InChI=1S/C18H17NOS/c1-12-7-8-15(13(2)9-12)11-19-18(20)17-10-14-5-3-4-6-16(14)21-17/h3-10H,11H2,1-2H3,(H,19,20). The summed E-state index contributed by atoms with van der Waals surface area (Å²) in [6.07, 6.45) is 0. The molecule has 106 valence electrons. The number of fused-ring (bicyclic) bond motifs is 1. The first-order valence-electron chi connectivity index (χ1n) is 6.96. The molecule has 0 aliphatic rings. The summed E-state index contributed by atoms with van der Waals surface area (Å²) in [5, 5.41) is 4.13. The van der Waals surface area contributed by atoms with E-state index in [1.54, 1.807) is 0 Å². The molecule has 0 saturated heterocycles. The van der Waals surface area contributed by atoms with E-state index in [4.69, 9.17) is 0 Å². The maximum Gasteiger partial charge on any atom is 0.261 e. The molecular weight excluding hydrogens is 278 g/mol. The minimum Gasteiger partial charge on any atom is -0.347 e. The van der Waals surface area contributed by atoms with Gasteiger partial charge in [0.25, 0.3) is 5.91 Å². The first-order valence-corrected chi connectivity index (χ1v) is 7.78. The van der Waals surface area contributed by atoms with Crippen LogP contribution in [-0.2, 0) is 6.54 Å². The molecule has 0 radical (unpaired) electrons. The summed E-state index contributed by atoms with van der Waals surface area (Å²) >= 11 is 1.54. The fourth-order valence-corrected chi connectivity index (χ4v) is 3.38. The molecule has 2 nitrogen and oxygen atoms in total. The lowest BCUT2D eigenvalue weighted by atomic mass is 10.1. The van der Waals surface area contributed by atoms with Crippen molar-refractivity contribution in [2.45, 2.75) is 20.4 Å². The minimum absolute atomic E-state index is 0.00354. The summed E-state index contributed by atoms with van der Waals surface area (Å²) in [6.45, 7) is 4.72. The summed E-state index contributed by atoms with van der Waals surface area (Å²) in [5.74, 6) is -0.00354. The van der Waals surface area contributed by atoms with Crippen LogP contribution >= 0.6 is 11.3 Å². The Morgan fingerprint density at radius 2 is 1.90 bits per heavy atom. The molecule has 0 atom stereocenters. The number of rotatable bonds is 3. The predicted octanol–water partition coefficient (Wildman–Crippen LogP) is 4.45. The molecule has 0 unspecified atom stereocenters. The fraction of sp³-hybridized carbons (Fsp3) is 0.167. The Morgan fingerprint density at radius 1 is 1.10 bits per heavy atom. The largest absolute Gasteiger partial charge is 0.347 e. The van der Waals surface area contributed by atoms with E-state index in [1.807, 2.05) is 30.3 Å². The van der Waals surface area contributed by atoms with Crippen molar-refractivity contribution in [2.75, 3.05) is 0 Å². The topological polar surface area (TPSA) is 29.1 Å². The molecular formula is C18H17NOS. The van der Waals surface area contributed by atoms with Gasteiger partial charge >= 0.3 is 0 Å². The third-order valence-corrected chi connectivity index (χ3v) is 4.70. The van der Waals surface area contributed by atoms with Crippen molar-refractivity contribution in [3.8, 4) is 0 Å². The minimum atomic E-state index is -0.00354. The van der Waals surface area contributed by atoms with Crippen molar-refractivity contribution in [1.82, 2.24) is 5.32 Å². The summed E-state index contributed by atoms with van der Waals surface area (Å²) in [5.41, 5.74) is 3.62. The van der Waals surface area contributed by atoms with Gasteiger partial charge in [-0.3, -0.25) is 4.79 Å². The Labute approximate surface area is 128 Å². The van der Waals surface area contributed by atoms with Gasteiger partial charge in [0.05, 0.1) is 4.88 Å². The molecule has 0 saturated carbocycles. The van der Waals surface area contributed by atoms with Crippen molar-refractivity contribution in [2.24, 2.45) is 0 Å². The maximum atomic E-state index is 12.3. The molecule has 3 rings (SSSR count). The van der Waals surface area contributed by atoms with E-state index in [0.717, 1.165) is 20.5 Å². The lowest BCUT2D eigenvalue weighted by Gasteiger charge is -2.08. The lowest BCUT2D eigenvalue weighted by Crippen LogP contribution is -2.22. The van der Waals surface area contributed by atoms with Crippen LogP contribution in [0.3, 0.4) is 0 Å². The van der Waals surface area contributed by atoms with E-state index in [-0.39, 0.29) is 5.91 Å². The van der Waals surface area contributed by atoms with Crippen molar-refractivity contribution in [3.05, 3.63) is 70.1 Å². The van der Waals surface area contributed by atoms with Crippen LogP contribution in [0, 0.1) is 13.8 Å². The van der Waals surface area contributed by atoms with Crippen molar-refractivity contribution in [3.63, 3.8) is 0 Å². The second-order valence-electron chi connectivity index (χ2n) is 5.26. The van der Waals surface area contributed by atoms with Gasteiger partial charge in [-0.15, -0.1) is 11.3 Å². The Morgan fingerprint density at radius 3 is 2.67 bits per heavy atom. The maximum absolute atomic E-state index is 12.3. The van der Waals surface area contributed by atoms with E-state index >= 15 is 0 Å². The van der Waals surface area contributed by atoms with Crippen LogP contribution in [0.1, 0.15) is 26.4 Å². The van der Waals surface area contributed by atoms with Crippen LogP contribution in [0.2, 0.25) is 0 Å². The molecule has 21 heavy (non-hydrogen) atoms. The zero-order chi connectivity index (χ0) is 14.8. The normalized spacial score (nSPS) is 10.8. The molecule has 1 aromatic heterocycles. The number of nitrogens with one attached hydrogen (secondary N) is 1. The van der Waals surface area contributed by atoms with Gasteiger partial charge in [-0.05, 0) is 42.5 Å². The molecule has 0 fully saturated rings. The Bertz CT molecular complexity index is 771. The molecule has 1 N–H and O–H groups in total. The van der Waals surface area contributed by atoms with Gasteiger partial charge in [0, 0.05) is 11.2 Å². The number of aryl methyl sites for hydroxylation is 2. The van der Waals surface area contributed by atoms with Gasteiger partial charge in [0.2, 0.25) is 0 Å². The average molecular weight is 295 g/mol. The molecule has 3 heteroatoms. The van der Waals surface area contributed by atoms with E-state index in [2.05, 4.69) is 37.4 Å². The predicted molar refractivity (Wildman–Crippen MR) is 88.9 cm³/mol. The van der Waals surface area contributed by atoms with E-state index in [1.165, 1.54) is 22.5 Å². The highest BCUT2D eigenvalue weighted by atomic mass is 32.1. The first-order chi connectivity index (χ1) is 10.1. The fourth-order valence-electron chi connectivity index (χ4n) is 2.40. The highest BCUT2D eigenvalue weighted by molar-refractivity contribution is 7.20. The number of carbonyl (C=O) groups excluding carboxylic acids is 1. The summed E-state index contributed by atoms with van der Waals surface area (Å²) in [7, 11) is 0. The van der Waals surface area contributed by atoms with Gasteiger partial charge in [-0.25, -0.2) is 0 Å². The van der Waals surface area contributed by atoms with E-state index in [9.17, 15) is 4.79 Å². The molecule has 0 spiro atoms. The average Bonchev–Trinajstić information content (AvgIpc) is 2.90. The zero-order valence-electron chi connectivity index (χ0n) is 12.1. The molecule has 1 amide bonds. The lowest BCUT2D eigenvalue weighted by molar-refractivity contribution is 0.0955. The SMILES string of the molecule is Cc1ccc(CNC(=O)c2cc3ccccc3s2)c(C)c1. The number of hydrogen-bond donors (Lipinski definition) is 1. The number of thiophene rings is 1. The second kappa shape index (κ2) is 5.70. The second-order valence-corrected chi connectivity index (χ2v) is 6.34. The molecule has 1 heterocycles. The molecule has 3 aromatic rings. The van der Waals surface area contributed by atoms with Gasteiger partial charge in [-0.1, -0.05) is 42.0 Å². The van der Waals surface area contributed by atoms with Crippen LogP contribution in [0.4, 0.5) is 0 Å². The van der Waals surface area contributed by atoms with Crippen LogP contribution in [-0.4, -0.2) is 5.91 Å². The quantitative estimate of drug-likeness (QED) is 0.760. The zero-order valence-corrected chi connectivity index (χ0v) is 13.0. The highest BCUT2D eigenvalue weighted by Crippen LogP contribution is 2.25. The van der Waals surface area contributed by atoms with Crippen molar-refractivity contribution in [1.29, 1.82) is 0 Å². The molecule has 0 bridgehead atoms.